The third-order valence-electron chi connectivity index (χ3n) is 0. The molecule has 1 nitrogen and oxygen atoms in total. The molecular weight excluding hydrogens is 88.3 g/mol. The van der Waals surface area contributed by atoms with Crippen molar-refractivity contribution in [3.8, 4) is 0 Å². The predicted octanol–water partition coefficient (Wildman–Crippen LogP) is -0.236. The molecule has 0 heterocycles. The SMILES string of the molecule is CC(C)(C)[O-].[Mg+2]. The molecule has 6 heavy (non-hydrogen) atoms. The van der Waals surface area contributed by atoms with Crippen LogP contribution in [-0.4, -0.2) is 28.7 Å². The first-order valence-electron chi connectivity index (χ1n) is 1.70. The van der Waals surface area contributed by atoms with Crippen molar-refractivity contribution in [2.45, 2.75) is 26.4 Å². The molecular formula is C4H9MgO+. The Morgan fingerprint density at radius 1 is 1.17 bits per heavy atom. The van der Waals surface area contributed by atoms with Gasteiger partial charge in [-0.2, -0.15) is 0 Å². The molecule has 0 amide bonds. The van der Waals surface area contributed by atoms with E-state index in [1.165, 1.54) is 0 Å². The van der Waals surface area contributed by atoms with E-state index in [4.69, 9.17) is 0 Å². The van der Waals surface area contributed by atoms with Crippen LogP contribution in [0.4, 0.5) is 0 Å². The summed E-state index contributed by atoms with van der Waals surface area (Å²) in [4.78, 5) is 0. The van der Waals surface area contributed by atoms with Crippen LogP contribution in [0.3, 0.4) is 0 Å². The summed E-state index contributed by atoms with van der Waals surface area (Å²) >= 11 is 0. The average Bonchev–Trinajstić information content (AvgIpc) is 0.722. The molecule has 32 valence electrons. The standard InChI is InChI=1S/C4H9O.Mg/c1-4(2,3)5;/h1-3H3;/q-1;+2. The van der Waals surface area contributed by atoms with Gasteiger partial charge in [0.25, 0.3) is 0 Å². The van der Waals surface area contributed by atoms with Crippen LogP contribution in [0.2, 0.25) is 0 Å². The van der Waals surface area contributed by atoms with Crippen LogP contribution in [-0.2, 0) is 0 Å². The summed E-state index contributed by atoms with van der Waals surface area (Å²) in [6, 6.07) is 0. The molecule has 0 aliphatic rings. The summed E-state index contributed by atoms with van der Waals surface area (Å²) in [7, 11) is 0. The summed E-state index contributed by atoms with van der Waals surface area (Å²) in [6.07, 6.45) is 0. The summed E-state index contributed by atoms with van der Waals surface area (Å²) in [6.45, 7) is 4.90. The Balaban J connectivity index is 0. The predicted molar refractivity (Wildman–Crippen MR) is 25.5 cm³/mol. The molecule has 0 saturated carbocycles. The van der Waals surface area contributed by atoms with Crippen LogP contribution in [0.1, 0.15) is 20.8 Å². The molecule has 0 radical (unpaired) electrons. The molecule has 0 aromatic rings. The second-order valence-electron chi connectivity index (χ2n) is 2.11. The third kappa shape index (κ3) is 124. The number of hydrogen-bond donors (Lipinski definition) is 0. The van der Waals surface area contributed by atoms with E-state index in [2.05, 4.69) is 0 Å². The zero-order chi connectivity index (χ0) is 4.50. The third-order valence-corrected chi connectivity index (χ3v) is 0. The van der Waals surface area contributed by atoms with Crippen molar-refractivity contribution in [2.24, 2.45) is 0 Å². The van der Waals surface area contributed by atoms with Gasteiger partial charge in [-0.05, 0) is 0 Å². The monoisotopic (exact) mass is 97.0 g/mol. The number of hydrogen-bond acceptors (Lipinski definition) is 1. The summed E-state index contributed by atoms with van der Waals surface area (Å²) in [5.74, 6) is 0. The van der Waals surface area contributed by atoms with Crippen LogP contribution in [0.25, 0.3) is 0 Å². The number of rotatable bonds is 0. The molecule has 0 aliphatic heterocycles. The molecule has 0 aliphatic carbocycles. The molecule has 0 unspecified atom stereocenters. The van der Waals surface area contributed by atoms with E-state index in [0.717, 1.165) is 0 Å². The van der Waals surface area contributed by atoms with Gasteiger partial charge in [-0.15, -0.1) is 5.60 Å². The first-order valence-corrected chi connectivity index (χ1v) is 1.70. The van der Waals surface area contributed by atoms with Crippen molar-refractivity contribution in [3.63, 3.8) is 0 Å². The van der Waals surface area contributed by atoms with Crippen LogP contribution in [0.15, 0.2) is 0 Å². The quantitative estimate of drug-likeness (QED) is 0.383. The summed E-state index contributed by atoms with van der Waals surface area (Å²) in [5.41, 5.74) is -0.750. The van der Waals surface area contributed by atoms with Crippen LogP contribution in [0, 0.1) is 0 Å². The van der Waals surface area contributed by atoms with E-state index in [9.17, 15) is 5.11 Å². The van der Waals surface area contributed by atoms with Crippen molar-refractivity contribution in [1.82, 2.24) is 0 Å². The van der Waals surface area contributed by atoms with Gasteiger partial charge >= 0.3 is 23.1 Å². The smallest absolute Gasteiger partial charge is 0.850 e. The Morgan fingerprint density at radius 3 is 1.17 bits per heavy atom. The molecule has 0 aromatic carbocycles. The van der Waals surface area contributed by atoms with Gasteiger partial charge in [0.2, 0.25) is 0 Å². The van der Waals surface area contributed by atoms with E-state index >= 15 is 0 Å². The Hall–Kier alpha value is 0.726. The van der Waals surface area contributed by atoms with E-state index in [-0.39, 0.29) is 23.1 Å². The summed E-state index contributed by atoms with van der Waals surface area (Å²) in [5, 5.41) is 10.1. The summed E-state index contributed by atoms with van der Waals surface area (Å²) < 4.78 is 0. The van der Waals surface area contributed by atoms with Gasteiger partial charge in [0.05, 0.1) is 0 Å². The second-order valence-corrected chi connectivity index (χ2v) is 2.11. The minimum absolute atomic E-state index is 0. The van der Waals surface area contributed by atoms with Crippen LogP contribution >= 0.6 is 0 Å². The molecule has 0 spiro atoms. The van der Waals surface area contributed by atoms with Crippen molar-refractivity contribution in [2.75, 3.05) is 0 Å². The molecule has 0 aromatic heterocycles. The van der Waals surface area contributed by atoms with Crippen molar-refractivity contribution >= 4 is 23.1 Å². The van der Waals surface area contributed by atoms with Gasteiger partial charge in [0.1, 0.15) is 0 Å². The molecule has 0 bridgehead atoms. The maximum atomic E-state index is 10.1. The van der Waals surface area contributed by atoms with E-state index < -0.39 is 5.60 Å². The van der Waals surface area contributed by atoms with Gasteiger partial charge in [-0.25, -0.2) is 0 Å². The topological polar surface area (TPSA) is 23.1 Å². The fourth-order valence-electron chi connectivity index (χ4n) is 0. The first-order chi connectivity index (χ1) is 2.00. The normalized spacial score (nSPS) is 10.0. The fraction of sp³-hybridized carbons (Fsp3) is 1.00. The molecule has 0 N–H and O–H groups in total. The average molecular weight is 97.4 g/mol. The molecule has 0 saturated heterocycles. The molecule has 0 atom stereocenters. The van der Waals surface area contributed by atoms with E-state index in [1.54, 1.807) is 20.8 Å². The Morgan fingerprint density at radius 2 is 1.17 bits per heavy atom. The maximum Gasteiger partial charge on any atom is 2.00 e. The zero-order valence-electron chi connectivity index (χ0n) is 4.62. The minimum atomic E-state index is -0.750. The largest absolute Gasteiger partial charge is 2.00 e. The zero-order valence-corrected chi connectivity index (χ0v) is 6.03. The van der Waals surface area contributed by atoms with Gasteiger partial charge in [0.15, 0.2) is 0 Å². The van der Waals surface area contributed by atoms with Crippen molar-refractivity contribution in [3.05, 3.63) is 0 Å². The fourth-order valence-corrected chi connectivity index (χ4v) is 0. The Labute approximate surface area is 54.9 Å². The Bertz CT molecular complexity index is 23.0. The van der Waals surface area contributed by atoms with E-state index in [0.29, 0.717) is 0 Å². The van der Waals surface area contributed by atoms with Crippen molar-refractivity contribution < 1.29 is 5.11 Å². The van der Waals surface area contributed by atoms with Gasteiger partial charge in [0, 0.05) is 0 Å². The molecule has 0 fully saturated rings. The van der Waals surface area contributed by atoms with E-state index in [1.807, 2.05) is 0 Å². The molecule has 2 heteroatoms. The van der Waals surface area contributed by atoms with Crippen LogP contribution in [0.5, 0.6) is 0 Å². The Kier molecular flexibility index (Phi) is 4.65. The molecule has 0 rings (SSSR count). The van der Waals surface area contributed by atoms with Gasteiger partial charge in [-0.1, -0.05) is 20.8 Å². The van der Waals surface area contributed by atoms with Crippen molar-refractivity contribution in [1.29, 1.82) is 0 Å². The minimum Gasteiger partial charge on any atom is -0.850 e. The van der Waals surface area contributed by atoms with Crippen LogP contribution < -0.4 is 5.11 Å². The van der Waals surface area contributed by atoms with Gasteiger partial charge in [-0.3, -0.25) is 0 Å². The first kappa shape index (κ1) is 9.87. The van der Waals surface area contributed by atoms with Gasteiger partial charge < -0.3 is 5.11 Å². The maximum absolute atomic E-state index is 10.1. The second kappa shape index (κ2) is 2.83.